The number of anilines is 1. The number of carbonyl (C=O) groups is 1. The Hall–Kier alpha value is -2.01. The molecule has 0 aromatic heterocycles. The number of benzene rings is 1. The number of cyclic esters (lactones) is 1. The predicted molar refractivity (Wildman–Crippen MR) is 79.2 cm³/mol. The van der Waals surface area contributed by atoms with Gasteiger partial charge in [0, 0.05) is 25.3 Å². The molecule has 1 heterocycles. The van der Waals surface area contributed by atoms with Gasteiger partial charge in [-0.2, -0.15) is 0 Å². The first-order chi connectivity index (χ1) is 9.83. The van der Waals surface area contributed by atoms with Crippen LogP contribution in [-0.4, -0.2) is 44.7 Å². The van der Waals surface area contributed by atoms with Gasteiger partial charge in [0.15, 0.2) is 0 Å². The molecule has 1 aromatic carbocycles. The van der Waals surface area contributed by atoms with Crippen molar-refractivity contribution >= 4 is 11.7 Å². The topological polar surface area (TPSA) is 52.6 Å². The maximum atomic E-state index is 11.9. The summed E-state index contributed by atoms with van der Waals surface area (Å²) < 4.78 is 5.32. The fraction of sp³-hybridized carbons (Fsp3) is 0.438. The summed E-state index contributed by atoms with van der Waals surface area (Å²) in [5.41, 5.74) is 2.45. The molecule has 5 heteroatoms. The highest BCUT2D eigenvalue weighted by atomic mass is 16.5. The molecule has 0 spiro atoms. The number of morpholine rings is 1. The molecule has 0 saturated carbocycles. The van der Waals surface area contributed by atoms with Gasteiger partial charge in [0.2, 0.25) is 5.70 Å². The number of ether oxygens (including phenoxy) is 1. The highest BCUT2D eigenvalue weighted by Gasteiger charge is 2.38. The third-order valence-corrected chi connectivity index (χ3v) is 3.87. The van der Waals surface area contributed by atoms with Gasteiger partial charge in [-0.05, 0) is 19.1 Å². The van der Waals surface area contributed by atoms with Crippen LogP contribution in [0.25, 0.3) is 0 Å². The molecule has 1 unspecified atom stereocenters. The lowest BCUT2D eigenvalue weighted by Crippen LogP contribution is -2.52. The lowest BCUT2D eigenvalue weighted by Gasteiger charge is -2.39. The van der Waals surface area contributed by atoms with E-state index in [1.54, 1.807) is 0 Å². The molecule has 114 valence electrons. The van der Waals surface area contributed by atoms with E-state index in [-0.39, 0.29) is 11.5 Å². The van der Waals surface area contributed by atoms with Gasteiger partial charge in [-0.1, -0.05) is 17.9 Å². The van der Waals surface area contributed by atoms with Crippen LogP contribution in [0.1, 0.15) is 12.5 Å². The largest absolute Gasteiger partial charge is 0.871 e. The molecule has 0 aliphatic carbocycles. The van der Waals surface area contributed by atoms with Gasteiger partial charge in [-0.25, -0.2) is 4.79 Å². The van der Waals surface area contributed by atoms with E-state index in [4.69, 9.17) is 4.74 Å². The normalized spacial score (nSPS) is 24.5. The lowest BCUT2D eigenvalue weighted by molar-refractivity contribution is -0.888. The average Bonchev–Trinajstić information content (AvgIpc) is 2.38. The van der Waals surface area contributed by atoms with Gasteiger partial charge < -0.3 is 14.7 Å². The molecule has 1 aliphatic rings. The van der Waals surface area contributed by atoms with Gasteiger partial charge in [0.25, 0.3) is 0 Å². The molecule has 0 radical (unpaired) electrons. The minimum absolute atomic E-state index is 0.216. The Labute approximate surface area is 125 Å². The Morgan fingerprint density at radius 1 is 1.33 bits per heavy atom. The number of hydrogen-bond donors (Lipinski definition) is 0. The molecule has 1 fully saturated rings. The van der Waals surface area contributed by atoms with E-state index < -0.39 is 5.97 Å². The monoisotopic (exact) mass is 290 g/mol. The molecule has 2 rings (SSSR count). The highest BCUT2D eigenvalue weighted by Crippen LogP contribution is 2.26. The van der Waals surface area contributed by atoms with E-state index in [1.165, 1.54) is 6.92 Å². The molecule has 1 aromatic rings. The van der Waals surface area contributed by atoms with Crippen LogP contribution in [-0.2, 0) is 16.1 Å². The van der Waals surface area contributed by atoms with Crippen LogP contribution < -0.4 is 10.0 Å². The zero-order valence-corrected chi connectivity index (χ0v) is 13.0. The predicted octanol–water partition coefficient (Wildman–Crippen LogP) is 0.848. The fourth-order valence-electron chi connectivity index (χ4n) is 2.72. The number of nitrogens with zero attached hydrogens (tertiary/aromatic N) is 2. The van der Waals surface area contributed by atoms with Crippen molar-refractivity contribution in [3.8, 4) is 0 Å². The summed E-state index contributed by atoms with van der Waals surface area (Å²) >= 11 is 0. The average molecular weight is 290 g/mol. The summed E-state index contributed by atoms with van der Waals surface area (Å²) in [5.74, 6) is -0.701. The van der Waals surface area contributed by atoms with Crippen LogP contribution in [0.4, 0.5) is 5.69 Å². The van der Waals surface area contributed by atoms with E-state index in [0.29, 0.717) is 24.2 Å². The molecular weight excluding hydrogens is 268 g/mol. The van der Waals surface area contributed by atoms with E-state index in [9.17, 15) is 9.90 Å². The van der Waals surface area contributed by atoms with Crippen molar-refractivity contribution in [2.75, 3.05) is 39.2 Å². The second kappa shape index (κ2) is 5.77. The number of likely N-dealkylation sites (N-methyl/N-ethyl adjacent to an activating group) is 1. The summed E-state index contributed by atoms with van der Waals surface area (Å²) in [4.78, 5) is 13.9. The van der Waals surface area contributed by atoms with Crippen LogP contribution in [0.15, 0.2) is 35.7 Å². The number of quaternary nitrogens is 1. The second-order valence-electron chi connectivity index (χ2n) is 5.88. The molecule has 1 atom stereocenters. The van der Waals surface area contributed by atoms with Crippen molar-refractivity contribution in [1.29, 1.82) is 0 Å². The summed E-state index contributed by atoms with van der Waals surface area (Å²) in [7, 11) is 5.90. The molecule has 5 nitrogen and oxygen atoms in total. The molecule has 0 N–H and O–H groups in total. The first kappa shape index (κ1) is 15.4. The number of allylic oxidation sites excluding steroid dienone is 1. The van der Waals surface area contributed by atoms with Gasteiger partial charge in [-0.3, -0.25) is 4.48 Å². The zero-order valence-electron chi connectivity index (χ0n) is 13.0. The third kappa shape index (κ3) is 3.19. The number of esters is 1. The smallest absolute Gasteiger partial charge is 0.392 e. The van der Waals surface area contributed by atoms with Crippen molar-refractivity contribution in [2.45, 2.75) is 13.5 Å². The van der Waals surface area contributed by atoms with Gasteiger partial charge in [0.1, 0.15) is 19.7 Å². The maximum Gasteiger partial charge on any atom is 0.392 e. The molecular formula is C16H22N2O3. The van der Waals surface area contributed by atoms with Crippen LogP contribution in [0.2, 0.25) is 0 Å². The first-order valence-electron chi connectivity index (χ1n) is 7.00. The minimum atomic E-state index is -0.485. The van der Waals surface area contributed by atoms with E-state index in [0.717, 1.165) is 11.3 Å². The summed E-state index contributed by atoms with van der Waals surface area (Å²) in [5, 5.41) is 11.8. The summed E-state index contributed by atoms with van der Waals surface area (Å²) in [6.45, 7) is 3.00. The fourth-order valence-corrected chi connectivity index (χ4v) is 2.72. The summed E-state index contributed by atoms with van der Waals surface area (Å²) in [6, 6.07) is 8.15. The van der Waals surface area contributed by atoms with Crippen molar-refractivity contribution in [3.63, 3.8) is 0 Å². The van der Waals surface area contributed by atoms with Crippen molar-refractivity contribution < 1.29 is 19.1 Å². The maximum absolute atomic E-state index is 11.9. The van der Waals surface area contributed by atoms with Crippen molar-refractivity contribution in [2.24, 2.45) is 0 Å². The standard InChI is InChI=1S/C16H22N2O3/c1-12(19)15-16(20)21-10-9-18(15,4)11-13-5-7-14(8-6-13)17(2)3/h5-8H,9-11H2,1-4H3. The minimum Gasteiger partial charge on any atom is -0.871 e. The van der Waals surface area contributed by atoms with E-state index in [1.807, 2.05) is 50.3 Å². The molecule has 1 saturated heterocycles. The third-order valence-electron chi connectivity index (χ3n) is 3.87. The van der Waals surface area contributed by atoms with Crippen LogP contribution in [0.5, 0.6) is 0 Å². The lowest BCUT2D eigenvalue weighted by atomic mass is 10.1. The Kier molecular flexibility index (Phi) is 4.23. The van der Waals surface area contributed by atoms with Crippen LogP contribution in [0, 0.1) is 0 Å². The van der Waals surface area contributed by atoms with Crippen LogP contribution >= 0.6 is 0 Å². The molecule has 0 amide bonds. The molecule has 21 heavy (non-hydrogen) atoms. The molecule has 1 aliphatic heterocycles. The highest BCUT2D eigenvalue weighted by molar-refractivity contribution is 5.86. The van der Waals surface area contributed by atoms with E-state index >= 15 is 0 Å². The quantitative estimate of drug-likeness (QED) is 0.358. The molecule has 0 bridgehead atoms. The first-order valence-corrected chi connectivity index (χ1v) is 7.00. The Morgan fingerprint density at radius 2 is 1.95 bits per heavy atom. The Morgan fingerprint density at radius 3 is 2.48 bits per heavy atom. The van der Waals surface area contributed by atoms with Gasteiger partial charge in [-0.15, -0.1) is 0 Å². The Bertz CT molecular complexity index is 559. The van der Waals surface area contributed by atoms with Crippen molar-refractivity contribution in [1.82, 2.24) is 0 Å². The van der Waals surface area contributed by atoms with Gasteiger partial charge >= 0.3 is 5.97 Å². The zero-order chi connectivity index (χ0) is 15.6. The number of rotatable bonds is 3. The Balaban J connectivity index is 2.27. The van der Waals surface area contributed by atoms with Crippen LogP contribution in [0.3, 0.4) is 0 Å². The second-order valence-corrected chi connectivity index (χ2v) is 5.88. The summed E-state index contributed by atoms with van der Waals surface area (Å²) in [6.07, 6.45) is 0. The van der Waals surface area contributed by atoms with E-state index in [2.05, 4.69) is 0 Å². The van der Waals surface area contributed by atoms with Gasteiger partial charge in [0.05, 0.1) is 7.05 Å². The number of carbonyl (C=O) groups excluding carboxylic acids is 1. The SMILES string of the molecule is C/C([O-])=C1\C(=O)OCC[N+]1(C)Cc1ccc(N(C)C)cc1. The number of hydrogen-bond acceptors (Lipinski definition) is 4. The van der Waals surface area contributed by atoms with Crippen molar-refractivity contribution in [3.05, 3.63) is 41.3 Å².